The number of aromatic hydroxyl groups is 2. The minimum atomic E-state index is -0.434. The van der Waals surface area contributed by atoms with Gasteiger partial charge in [0.15, 0.2) is 11.5 Å². The van der Waals surface area contributed by atoms with Crippen LogP contribution in [-0.2, 0) is 0 Å². The van der Waals surface area contributed by atoms with Gasteiger partial charge in [0, 0.05) is 17.7 Å². The summed E-state index contributed by atoms with van der Waals surface area (Å²) in [6.45, 7) is 2.56. The Balaban J connectivity index is 1.95. The second-order valence-electron chi connectivity index (χ2n) is 6.83. The van der Waals surface area contributed by atoms with Crippen LogP contribution in [0.25, 0.3) is 11.3 Å². The average Bonchev–Trinajstić information content (AvgIpc) is 3.24. The number of hydrogen-bond acceptors (Lipinski definition) is 5. The van der Waals surface area contributed by atoms with Crippen molar-refractivity contribution in [3.05, 3.63) is 57.7 Å². The molecule has 0 spiro atoms. The van der Waals surface area contributed by atoms with Crippen LogP contribution in [0.5, 0.6) is 17.2 Å². The number of halogens is 1. The number of fused-ring (bicyclic) bond motifs is 1. The number of aromatic nitrogens is 2. The highest BCUT2D eigenvalue weighted by atomic mass is 79.9. The Morgan fingerprint density at radius 2 is 2.03 bits per heavy atom. The number of rotatable bonds is 5. The number of hydrogen-bond donors (Lipinski definition) is 3. The van der Waals surface area contributed by atoms with E-state index in [0.29, 0.717) is 39.3 Å². The van der Waals surface area contributed by atoms with Crippen LogP contribution in [0.1, 0.15) is 41.0 Å². The number of aromatic amines is 1. The van der Waals surface area contributed by atoms with Gasteiger partial charge in [0.05, 0.1) is 17.6 Å². The van der Waals surface area contributed by atoms with Crippen LogP contribution in [0, 0.1) is 0 Å². The normalized spacial score (nSPS) is 15.6. The molecule has 1 aliphatic rings. The summed E-state index contributed by atoms with van der Waals surface area (Å²) in [7, 11) is 1.48. The fourth-order valence-corrected chi connectivity index (χ4v) is 4.26. The number of methoxy groups -OCH3 is 1. The molecule has 4 rings (SSSR count). The first-order valence-corrected chi connectivity index (χ1v) is 10.0. The molecule has 7 nitrogen and oxygen atoms in total. The van der Waals surface area contributed by atoms with E-state index in [4.69, 9.17) is 4.74 Å². The minimum absolute atomic E-state index is 0.00374. The smallest absolute Gasteiger partial charge is 0.273 e. The predicted octanol–water partition coefficient (Wildman–Crippen LogP) is 4.21. The summed E-state index contributed by atoms with van der Waals surface area (Å²) >= 11 is 3.37. The molecule has 1 unspecified atom stereocenters. The third-order valence-corrected chi connectivity index (χ3v) is 5.68. The Hall–Kier alpha value is -3.00. The molecule has 29 heavy (non-hydrogen) atoms. The second-order valence-corrected chi connectivity index (χ2v) is 7.69. The summed E-state index contributed by atoms with van der Waals surface area (Å²) in [6, 6.07) is 9.96. The standard InChI is InChI=1S/C21H20BrN3O4/c1-3-8-25-19(11-9-13(22)20(27)15(10-11)29-2)16-17(23-24-18(16)21(25)28)12-6-4-5-7-14(12)26/h4-7,9-10,19,26-27H,3,8H2,1-2H3,(H,23,24). The van der Waals surface area contributed by atoms with Crippen LogP contribution in [0.3, 0.4) is 0 Å². The van der Waals surface area contributed by atoms with E-state index in [1.165, 1.54) is 7.11 Å². The van der Waals surface area contributed by atoms with E-state index in [2.05, 4.69) is 26.1 Å². The van der Waals surface area contributed by atoms with Crippen LogP contribution >= 0.6 is 15.9 Å². The first-order valence-electron chi connectivity index (χ1n) is 9.21. The van der Waals surface area contributed by atoms with Crippen molar-refractivity contribution in [1.82, 2.24) is 15.1 Å². The highest BCUT2D eigenvalue weighted by Crippen LogP contribution is 2.47. The number of nitrogens with zero attached hydrogens (tertiary/aromatic N) is 2. The molecule has 0 fully saturated rings. The Morgan fingerprint density at radius 1 is 1.28 bits per heavy atom. The summed E-state index contributed by atoms with van der Waals surface area (Å²) in [4.78, 5) is 14.9. The molecular formula is C21H20BrN3O4. The van der Waals surface area contributed by atoms with E-state index < -0.39 is 6.04 Å². The maximum Gasteiger partial charge on any atom is 0.273 e. The van der Waals surface area contributed by atoms with E-state index in [9.17, 15) is 15.0 Å². The number of para-hydroxylation sites is 1. The van der Waals surface area contributed by atoms with Gasteiger partial charge in [-0.05, 0) is 52.2 Å². The van der Waals surface area contributed by atoms with Gasteiger partial charge >= 0.3 is 0 Å². The summed E-state index contributed by atoms with van der Waals surface area (Å²) in [6.07, 6.45) is 0.780. The van der Waals surface area contributed by atoms with Gasteiger partial charge in [-0.25, -0.2) is 0 Å². The molecule has 3 N–H and O–H groups in total. The summed E-state index contributed by atoms with van der Waals surface area (Å²) in [5.74, 6) is 0.242. The molecular weight excluding hydrogens is 438 g/mol. The summed E-state index contributed by atoms with van der Waals surface area (Å²) in [5.41, 5.74) is 2.95. The molecule has 0 radical (unpaired) electrons. The van der Waals surface area contributed by atoms with Gasteiger partial charge in [-0.1, -0.05) is 19.1 Å². The minimum Gasteiger partial charge on any atom is -0.507 e. The predicted molar refractivity (Wildman–Crippen MR) is 111 cm³/mol. The first kappa shape index (κ1) is 19.3. The van der Waals surface area contributed by atoms with Crippen LogP contribution in [-0.4, -0.2) is 44.9 Å². The zero-order valence-corrected chi connectivity index (χ0v) is 17.5. The number of amides is 1. The number of carbonyl (C=O) groups excluding carboxylic acids is 1. The molecule has 2 heterocycles. The molecule has 0 aliphatic carbocycles. The zero-order valence-electron chi connectivity index (χ0n) is 15.9. The number of H-pyrrole nitrogens is 1. The molecule has 150 valence electrons. The monoisotopic (exact) mass is 457 g/mol. The third kappa shape index (κ3) is 3.04. The van der Waals surface area contributed by atoms with Crippen molar-refractivity contribution < 1.29 is 19.7 Å². The highest BCUT2D eigenvalue weighted by Gasteiger charge is 2.42. The number of ether oxygens (including phenoxy) is 1. The van der Waals surface area contributed by atoms with Crippen molar-refractivity contribution in [2.24, 2.45) is 0 Å². The molecule has 1 amide bonds. The van der Waals surface area contributed by atoms with Gasteiger partial charge in [-0.3, -0.25) is 9.89 Å². The molecule has 1 aliphatic heterocycles. The zero-order chi connectivity index (χ0) is 20.7. The number of carbonyl (C=O) groups is 1. The third-order valence-electron chi connectivity index (χ3n) is 5.07. The molecule has 8 heteroatoms. The molecule has 0 bridgehead atoms. The largest absolute Gasteiger partial charge is 0.507 e. The topological polar surface area (TPSA) is 98.7 Å². The van der Waals surface area contributed by atoms with Gasteiger partial charge in [-0.2, -0.15) is 5.10 Å². The van der Waals surface area contributed by atoms with Gasteiger partial charge in [0.25, 0.3) is 5.91 Å². The van der Waals surface area contributed by atoms with E-state index in [0.717, 1.165) is 12.0 Å². The molecule has 1 atom stereocenters. The number of benzene rings is 2. The second kappa shape index (κ2) is 7.44. The molecule has 3 aromatic rings. The summed E-state index contributed by atoms with van der Waals surface area (Å²) in [5, 5.41) is 27.8. The average molecular weight is 458 g/mol. The van der Waals surface area contributed by atoms with Crippen LogP contribution in [0.2, 0.25) is 0 Å². The van der Waals surface area contributed by atoms with Crippen molar-refractivity contribution >= 4 is 21.8 Å². The van der Waals surface area contributed by atoms with Crippen molar-refractivity contribution in [2.75, 3.05) is 13.7 Å². The molecule has 0 saturated heterocycles. The van der Waals surface area contributed by atoms with Crippen LogP contribution in [0.15, 0.2) is 40.9 Å². The number of phenols is 2. The maximum absolute atomic E-state index is 13.1. The SMILES string of the molecule is CCCN1C(=O)c2[nH]nc(-c3ccccc3O)c2C1c1cc(Br)c(O)c(OC)c1. The maximum atomic E-state index is 13.1. The Labute approximate surface area is 176 Å². The molecule has 2 aromatic carbocycles. The fraction of sp³-hybridized carbons (Fsp3) is 0.238. The van der Waals surface area contributed by atoms with Crippen molar-refractivity contribution in [2.45, 2.75) is 19.4 Å². The van der Waals surface area contributed by atoms with Gasteiger partial charge < -0.3 is 19.8 Å². The number of phenolic OH excluding ortho intramolecular Hbond substituents is 2. The highest BCUT2D eigenvalue weighted by molar-refractivity contribution is 9.10. The lowest BCUT2D eigenvalue weighted by molar-refractivity contribution is 0.0743. The first-order chi connectivity index (χ1) is 14.0. The lowest BCUT2D eigenvalue weighted by Crippen LogP contribution is -2.30. The summed E-state index contributed by atoms with van der Waals surface area (Å²) < 4.78 is 5.77. The van der Waals surface area contributed by atoms with Crippen molar-refractivity contribution in [1.29, 1.82) is 0 Å². The van der Waals surface area contributed by atoms with Crippen LogP contribution in [0.4, 0.5) is 0 Å². The van der Waals surface area contributed by atoms with E-state index >= 15 is 0 Å². The number of nitrogens with one attached hydrogen (secondary N) is 1. The fourth-order valence-electron chi connectivity index (χ4n) is 3.80. The van der Waals surface area contributed by atoms with E-state index in [1.54, 1.807) is 35.2 Å². The van der Waals surface area contributed by atoms with Gasteiger partial charge in [-0.15, -0.1) is 0 Å². The van der Waals surface area contributed by atoms with Crippen molar-refractivity contribution in [3.63, 3.8) is 0 Å². The Morgan fingerprint density at radius 3 is 2.72 bits per heavy atom. The molecule has 0 saturated carbocycles. The molecule has 1 aromatic heterocycles. The van der Waals surface area contributed by atoms with Crippen molar-refractivity contribution in [3.8, 4) is 28.5 Å². The van der Waals surface area contributed by atoms with E-state index in [1.807, 2.05) is 13.0 Å². The van der Waals surface area contributed by atoms with Gasteiger partial charge in [0.1, 0.15) is 17.1 Å². The quantitative estimate of drug-likeness (QED) is 0.532. The Kier molecular flexibility index (Phi) is 4.96. The van der Waals surface area contributed by atoms with Gasteiger partial charge in [0.2, 0.25) is 0 Å². The van der Waals surface area contributed by atoms with E-state index in [-0.39, 0.29) is 17.4 Å². The van der Waals surface area contributed by atoms with Crippen LogP contribution < -0.4 is 4.74 Å². The lowest BCUT2D eigenvalue weighted by Gasteiger charge is -2.26. The lowest BCUT2D eigenvalue weighted by atomic mass is 9.95. The Bertz CT molecular complexity index is 1100.